The molecule has 0 aromatic carbocycles. The van der Waals surface area contributed by atoms with E-state index in [1.54, 1.807) is 22.8 Å². The predicted molar refractivity (Wildman–Crippen MR) is 103 cm³/mol. The number of hydrogen-bond acceptors (Lipinski definition) is 5. The number of amides is 3. The molecule has 152 valence electrons. The Morgan fingerprint density at radius 2 is 1.43 bits per heavy atom. The molecule has 2 saturated heterocycles. The second kappa shape index (κ2) is 9.03. The summed E-state index contributed by atoms with van der Waals surface area (Å²) >= 11 is 0. The van der Waals surface area contributed by atoms with Crippen LogP contribution in [0.3, 0.4) is 0 Å². The Hall–Kier alpha value is -2.64. The van der Waals surface area contributed by atoms with Gasteiger partial charge in [-0.2, -0.15) is 0 Å². The van der Waals surface area contributed by atoms with Crippen LogP contribution in [0.1, 0.15) is 47.4 Å². The van der Waals surface area contributed by atoms with Crippen molar-refractivity contribution < 1.29 is 19.1 Å². The maximum Gasteiger partial charge on any atom is 0.409 e. The van der Waals surface area contributed by atoms with Crippen molar-refractivity contribution in [2.75, 3.05) is 45.9 Å². The van der Waals surface area contributed by atoms with Gasteiger partial charge in [0.1, 0.15) is 0 Å². The Kier molecular flexibility index (Phi) is 6.49. The maximum absolute atomic E-state index is 12.8. The summed E-state index contributed by atoms with van der Waals surface area (Å²) in [5, 5.41) is 0. The number of ether oxygens (including phenoxy) is 1. The minimum absolute atomic E-state index is 0.0684. The molecule has 0 unspecified atom stereocenters. The zero-order valence-corrected chi connectivity index (χ0v) is 16.6. The molecule has 2 aliphatic rings. The normalized spacial score (nSPS) is 18.1. The van der Waals surface area contributed by atoms with Crippen molar-refractivity contribution in [2.24, 2.45) is 5.92 Å². The molecule has 0 aliphatic carbocycles. The van der Waals surface area contributed by atoms with E-state index in [1.807, 2.05) is 4.90 Å². The molecule has 28 heavy (non-hydrogen) atoms. The summed E-state index contributed by atoms with van der Waals surface area (Å²) in [6.45, 7) is 7.51. The largest absolute Gasteiger partial charge is 0.450 e. The number of piperidine rings is 1. The number of aromatic nitrogens is 1. The van der Waals surface area contributed by atoms with E-state index in [2.05, 4.69) is 11.9 Å². The third kappa shape index (κ3) is 4.61. The Balaban J connectivity index is 1.61. The van der Waals surface area contributed by atoms with Gasteiger partial charge in [0.15, 0.2) is 0 Å². The fourth-order valence-corrected chi connectivity index (χ4v) is 3.56. The molecule has 1 aromatic heterocycles. The molecule has 3 rings (SSSR count). The number of nitrogens with zero attached hydrogens (tertiary/aromatic N) is 4. The zero-order valence-electron chi connectivity index (χ0n) is 16.6. The molecule has 1 aromatic rings. The van der Waals surface area contributed by atoms with Gasteiger partial charge in [-0.05, 0) is 31.7 Å². The van der Waals surface area contributed by atoms with Crippen LogP contribution < -0.4 is 0 Å². The van der Waals surface area contributed by atoms with Crippen LogP contribution in [0.5, 0.6) is 0 Å². The highest BCUT2D eigenvalue weighted by atomic mass is 16.6. The summed E-state index contributed by atoms with van der Waals surface area (Å²) in [6.07, 6.45) is 4.68. The first kappa shape index (κ1) is 20.1. The van der Waals surface area contributed by atoms with Crippen LogP contribution in [0.25, 0.3) is 0 Å². The molecule has 0 atom stereocenters. The molecule has 3 heterocycles. The van der Waals surface area contributed by atoms with Gasteiger partial charge in [-0.25, -0.2) is 4.79 Å². The van der Waals surface area contributed by atoms with Crippen molar-refractivity contribution >= 4 is 17.9 Å². The molecule has 2 aliphatic heterocycles. The monoisotopic (exact) mass is 388 g/mol. The Bertz CT molecular complexity index is 723. The molecule has 0 saturated carbocycles. The second-order valence-corrected chi connectivity index (χ2v) is 7.42. The predicted octanol–water partition coefficient (Wildman–Crippen LogP) is 1.87. The van der Waals surface area contributed by atoms with E-state index in [0.717, 1.165) is 25.9 Å². The number of rotatable bonds is 3. The summed E-state index contributed by atoms with van der Waals surface area (Å²) in [5.74, 6) is 0.405. The van der Waals surface area contributed by atoms with Crippen molar-refractivity contribution in [3.8, 4) is 0 Å². The number of hydrogen-bond donors (Lipinski definition) is 0. The number of pyridine rings is 1. The van der Waals surface area contributed by atoms with Gasteiger partial charge in [0.05, 0.1) is 17.7 Å². The van der Waals surface area contributed by atoms with E-state index in [-0.39, 0.29) is 17.9 Å². The fraction of sp³-hybridized carbons (Fsp3) is 0.600. The lowest BCUT2D eigenvalue weighted by molar-refractivity contribution is 0.0570. The minimum atomic E-state index is -0.347. The third-order valence-corrected chi connectivity index (χ3v) is 5.40. The van der Waals surface area contributed by atoms with E-state index in [9.17, 15) is 14.4 Å². The number of likely N-dealkylation sites (tertiary alicyclic amines) is 1. The van der Waals surface area contributed by atoms with Crippen molar-refractivity contribution in [3.05, 3.63) is 29.6 Å². The first-order valence-electron chi connectivity index (χ1n) is 9.95. The fourth-order valence-electron chi connectivity index (χ4n) is 3.56. The van der Waals surface area contributed by atoms with E-state index < -0.39 is 0 Å². The smallest absolute Gasteiger partial charge is 0.409 e. The number of carbonyl (C=O) groups is 3. The van der Waals surface area contributed by atoms with E-state index >= 15 is 0 Å². The van der Waals surface area contributed by atoms with Crippen molar-refractivity contribution in [2.45, 2.75) is 26.7 Å². The van der Waals surface area contributed by atoms with Gasteiger partial charge in [0.25, 0.3) is 11.8 Å². The minimum Gasteiger partial charge on any atom is -0.450 e. The lowest BCUT2D eigenvalue weighted by Gasteiger charge is -2.34. The van der Waals surface area contributed by atoms with Gasteiger partial charge in [-0.3, -0.25) is 14.6 Å². The Morgan fingerprint density at radius 3 is 1.96 bits per heavy atom. The summed E-state index contributed by atoms with van der Waals surface area (Å²) in [4.78, 5) is 46.6. The molecule has 0 spiro atoms. The average molecular weight is 388 g/mol. The van der Waals surface area contributed by atoms with Crippen LogP contribution in [-0.2, 0) is 4.74 Å². The van der Waals surface area contributed by atoms with Crippen molar-refractivity contribution in [1.82, 2.24) is 19.7 Å². The highest BCUT2D eigenvalue weighted by molar-refractivity contribution is 5.99. The molecular weight excluding hydrogens is 360 g/mol. The second-order valence-electron chi connectivity index (χ2n) is 7.42. The van der Waals surface area contributed by atoms with Gasteiger partial charge >= 0.3 is 6.09 Å². The van der Waals surface area contributed by atoms with Gasteiger partial charge in [-0.1, -0.05) is 6.92 Å². The highest BCUT2D eigenvalue weighted by Crippen LogP contribution is 2.19. The van der Waals surface area contributed by atoms with Gasteiger partial charge in [-0.15, -0.1) is 0 Å². The Labute approximate surface area is 165 Å². The van der Waals surface area contributed by atoms with Crippen LogP contribution in [-0.4, -0.2) is 83.5 Å². The highest BCUT2D eigenvalue weighted by Gasteiger charge is 2.27. The summed E-state index contributed by atoms with van der Waals surface area (Å²) in [7, 11) is 0. The van der Waals surface area contributed by atoms with E-state index in [0.29, 0.717) is 49.8 Å². The summed E-state index contributed by atoms with van der Waals surface area (Å²) in [6, 6.07) is 1.63. The third-order valence-electron chi connectivity index (χ3n) is 5.40. The SMILES string of the molecule is CCOC(=O)N1CCN(C(=O)c2cncc(C(=O)N3CCC(C)CC3)c2)CC1. The van der Waals surface area contributed by atoms with E-state index in [1.165, 1.54) is 12.4 Å². The van der Waals surface area contributed by atoms with Crippen molar-refractivity contribution in [1.29, 1.82) is 0 Å². The molecule has 2 fully saturated rings. The number of carbonyl (C=O) groups excluding carboxylic acids is 3. The summed E-state index contributed by atoms with van der Waals surface area (Å²) < 4.78 is 5.00. The molecule has 0 radical (unpaired) electrons. The first-order chi connectivity index (χ1) is 13.5. The van der Waals surface area contributed by atoms with Crippen LogP contribution in [0.15, 0.2) is 18.5 Å². The Morgan fingerprint density at radius 1 is 0.929 bits per heavy atom. The quantitative estimate of drug-likeness (QED) is 0.789. The van der Waals surface area contributed by atoms with Crippen molar-refractivity contribution in [3.63, 3.8) is 0 Å². The van der Waals surface area contributed by atoms with Crippen LogP contribution in [0.2, 0.25) is 0 Å². The standard InChI is InChI=1S/C20H28N4O4/c1-3-28-20(27)24-10-8-23(9-11-24)19(26)17-12-16(13-21-14-17)18(25)22-6-4-15(2)5-7-22/h12-15H,3-11H2,1-2H3. The number of piperazine rings is 1. The molecule has 0 bridgehead atoms. The molecule has 0 N–H and O–H groups in total. The van der Waals surface area contributed by atoms with Crippen LogP contribution >= 0.6 is 0 Å². The summed E-state index contributed by atoms with van der Waals surface area (Å²) in [5.41, 5.74) is 0.853. The zero-order chi connectivity index (χ0) is 20.1. The topological polar surface area (TPSA) is 83.0 Å². The maximum atomic E-state index is 12.8. The van der Waals surface area contributed by atoms with Crippen LogP contribution in [0.4, 0.5) is 4.79 Å². The molecule has 8 heteroatoms. The molecule has 8 nitrogen and oxygen atoms in total. The average Bonchev–Trinajstić information content (AvgIpc) is 2.73. The molecular formula is C20H28N4O4. The van der Waals surface area contributed by atoms with Crippen LogP contribution in [0, 0.1) is 5.92 Å². The molecule has 3 amide bonds. The lowest BCUT2D eigenvalue weighted by Crippen LogP contribution is -2.50. The van der Waals surface area contributed by atoms with Gasteiger partial charge in [0, 0.05) is 51.7 Å². The first-order valence-corrected chi connectivity index (χ1v) is 9.95. The van der Waals surface area contributed by atoms with Gasteiger partial charge in [0.2, 0.25) is 0 Å². The van der Waals surface area contributed by atoms with Gasteiger partial charge < -0.3 is 19.4 Å². The lowest BCUT2D eigenvalue weighted by atomic mass is 9.98. The van der Waals surface area contributed by atoms with E-state index in [4.69, 9.17) is 4.74 Å².